The number of ether oxygens (including phenoxy) is 1. The Bertz CT molecular complexity index is 1270. The Labute approximate surface area is 208 Å². The van der Waals surface area contributed by atoms with Gasteiger partial charge >= 0.3 is 0 Å². The average Bonchev–Trinajstić information content (AvgIpc) is 3.31. The molecule has 1 aliphatic carbocycles. The van der Waals surface area contributed by atoms with Gasteiger partial charge in [0.1, 0.15) is 18.2 Å². The maximum atomic E-state index is 14.0. The first-order chi connectivity index (χ1) is 17.5. The van der Waals surface area contributed by atoms with Crippen LogP contribution in [-0.4, -0.2) is 65.9 Å². The van der Waals surface area contributed by atoms with Crippen LogP contribution in [0.2, 0.25) is 0 Å². The number of hydrogen-bond acceptors (Lipinski definition) is 7. The van der Waals surface area contributed by atoms with Gasteiger partial charge in [0.2, 0.25) is 5.91 Å². The Morgan fingerprint density at radius 2 is 2.11 bits per heavy atom. The summed E-state index contributed by atoms with van der Waals surface area (Å²) in [4.78, 5) is 26.4. The molecular formula is C25H27FN8O2. The molecular weight excluding hydrogens is 463 g/mol. The number of carbonyl (C=O) groups is 1. The minimum absolute atomic E-state index is 0.0694. The van der Waals surface area contributed by atoms with Crippen molar-refractivity contribution in [3.8, 4) is 6.07 Å². The number of carbonyl (C=O) groups excluding carboxylic acids is 1. The largest absolute Gasteiger partial charge is 0.370 e. The molecule has 5 rings (SSSR count). The predicted molar refractivity (Wildman–Crippen MR) is 129 cm³/mol. The van der Waals surface area contributed by atoms with Gasteiger partial charge in [-0.2, -0.15) is 5.26 Å². The van der Waals surface area contributed by atoms with Crippen molar-refractivity contribution in [2.24, 2.45) is 21.2 Å². The van der Waals surface area contributed by atoms with Crippen LogP contribution in [0, 0.1) is 24.1 Å². The number of benzene rings is 1. The van der Waals surface area contributed by atoms with E-state index in [1.165, 1.54) is 12.4 Å². The number of nitrogens with two attached hydrogens (primary N) is 1. The topological polar surface area (TPSA) is 133 Å². The Balaban J connectivity index is 1.23. The number of hydrogen-bond donors (Lipinski definition) is 1. The fourth-order valence-corrected chi connectivity index (χ4v) is 5.47. The van der Waals surface area contributed by atoms with E-state index in [0.29, 0.717) is 37.6 Å². The third kappa shape index (κ3) is 4.45. The molecule has 0 bridgehead atoms. The highest BCUT2D eigenvalue weighted by molar-refractivity contribution is 5.85. The van der Waals surface area contributed by atoms with Crippen LogP contribution in [0.1, 0.15) is 46.4 Å². The molecule has 2 aliphatic heterocycles. The molecule has 3 unspecified atom stereocenters. The molecule has 1 aromatic heterocycles. The Kier molecular flexibility index (Phi) is 6.71. The monoisotopic (exact) mass is 490 g/mol. The zero-order valence-corrected chi connectivity index (χ0v) is 20.0. The third-order valence-corrected chi connectivity index (χ3v) is 7.37. The van der Waals surface area contributed by atoms with Gasteiger partial charge in [-0.05, 0) is 48.6 Å². The van der Waals surface area contributed by atoms with Crippen LogP contribution in [0.3, 0.4) is 0 Å². The van der Waals surface area contributed by atoms with Crippen molar-refractivity contribution in [1.29, 1.82) is 5.26 Å². The number of nitrogens with zero attached hydrogens (tertiary/aromatic N) is 7. The maximum absolute atomic E-state index is 14.0. The van der Waals surface area contributed by atoms with E-state index in [1.807, 2.05) is 17.0 Å². The Morgan fingerprint density at radius 3 is 2.92 bits per heavy atom. The molecule has 1 amide bonds. The van der Waals surface area contributed by atoms with Gasteiger partial charge in [0.15, 0.2) is 5.82 Å². The van der Waals surface area contributed by atoms with Gasteiger partial charge in [-0.25, -0.2) is 14.4 Å². The second kappa shape index (κ2) is 10.1. The first-order valence-corrected chi connectivity index (χ1v) is 12.0. The summed E-state index contributed by atoms with van der Waals surface area (Å²) in [6.07, 6.45) is 2.46. The molecule has 3 aliphatic rings. The number of aliphatic imine (C=N–C) groups is 1. The first-order valence-electron chi connectivity index (χ1n) is 12.0. The lowest BCUT2D eigenvalue weighted by atomic mass is 9.95. The molecule has 3 heterocycles. The predicted octanol–water partition coefficient (Wildman–Crippen LogP) is 2.70. The van der Waals surface area contributed by atoms with Gasteiger partial charge < -0.3 is 15.5 Å². The van der Waals surface area contributed by atoms with E-state index in [1.54, 1.807) is 19.1 Å². The third-order valence-electron chi connectivity index (χ3n) is 7.37. The standard InChI is InChI=1S/C25H27FN8O2/c1-15-17(2-5-21(26)20(15)10-27)23-12-33-8-9-34(11-16(33)13-36-23)25(35)19-3-6-22-18(19)4-7-24(31-22)29-14-30-32-28/h2,4-5,7,14,16,19,23H,3,6,8-9,11-13H2,1H3,(H2,28,29,30,31). The molecule has 3 atom stereocenters. The summed E-state index contributed by atoms with van der Waals surface area (Å²) in [5.74, 6) is 4.89. The second-order valence-corrected chi connectivity index (χ2v) is 9.28. The van der Waals surface area contributed by atoms with Crippen molar-refractivity contribution in [3.05, 3.63) is 58.0 Å². The zero-order valence-electron chi connectivity index (χ0n) is 20.0. The average molecular weight is 491 g/mol. The van der Waals surface area contributed by atoms with E-state index in [9.17, 15) is 14.4 Å². The number of aromatic nitrogens is 1. The molecule has 0 saturated carbocycles. The van der Waals surface area contributed by atoms with E-state index in [4.69, 9.17) is 10.6 Å². The molecule has 0 spiro atoms. The molecule has 10 nitrogen and oxygen atoms in total. The van der Waals surface area contributed by atoms with E-state index >= 15 is 0 Å². The summed E-state index contributed by atoms with van der Waals surface area (Å²) in [5.41, 5.74) is 3.39. The summed E-state index contributed by atoms with van der Waals surface area (Å²) in [6.45, 7) is 4.86. The number of piperazine rings is 1. The van der Waals surface area contributed by atoms with E-state index in [2.05, 4.69) is 25.2 Å². The van der Waals surface area contributed by atoms with E-state index in [-0.39, 0.29) is 29.5 Å². The zero-order chi connectivity index (χ0) is 25.2. The van der Waals surface area contributed by atoms with Crippen molar-refractivity contribution in [3.63, 3.8) is 0 Å². The molecule has 11 heteroatoms. The maximum Gasteiger partial charge on any atom is 0.230 e. The molecule has 2 N–H and O–H groups in total. The van der Waals surface area contributed by atoms with Gasteiger partial charge in [0, 0.05) is 31.9 Å². The van der Waals surface area contributed by atoms with Gasteiger partial charge in [-0.1, -0.05) is 17.4 Å². The van der Waals surface area contributed by atoms with Crippen LogP contribution in [-0.2, 0) is 16.0 Å². The summed E-state index contributed by atoms with van der Waals surface area (Å²) in [7, 11) is 0. The van der Waals surface area contributed by atoms with Crippen LogP contribution in [0.15, 0.2) is 39.6 Å². The molecule has 2 aromatic rings. The highest BCUT2D eigenvalue weighted by Gasteiger charge is 2.39. The number of aryl methyl sites for hydroxylation is 1. The summed E-state index contributed by atoms with van der Waals surface area (Å²) in [5, 5.41) is 15.9. The Hall–Kier alpha value is -3.75. The second-order valence-electron chi connectivity index (χ2n) is 9.28. The highest BCUT2D eigenvalue weighted by atomic mass is 19.1. The van der Waals surface area contributed by atoms with Crippen molar-refractivity contribution >= 4 is 18.1 Å². The van der Waals surface area contributed by atoms with Crippen molar-refractivity contribution in [1.82, 2.24) is 14.8 Å². The van der Waals surface area contributed by atoms with E-state index < -0.39 is 5.82 Å². The molecule has 2 fully saturated rings. The van der Waals surface area contributed by atoms with E-state index in [0.717, 1.165) is 36.2 Å². The molecule has 1 aromatic carbocycles. The summed E-state index contributed by atoms with van der Waals surface area (Å²) in [6, 6.07) is 8.80. The van der Waals surface area contributed by atoms with Crippen LogP contribution in [0.5, 0.6) is 0 Å². The van der Waals surface area contributed by atoms with Crippen molar-refractivity contribution in [2.75, 3.05) is 32.8 Å². The quantitative estimate of drug-likeness (QED) is 0.230. The SMILES string of the molecule is Cc1c(C2CN3CCN(C(=O)C4CCc5nc(N=CN=NN)ccc54)CC3CO2)ccc(F)c1C#N. The summed E-state index contributed by atoms with van der Waals surface area (Å²) >= 11 is 0. The highest BCUT2D eigenvalue weighted by Crippen LogP contribution is 2.36. The molecule has 2 saturated heterocycles. The number of pyridine rings is 1. The van der Waals surface area contributed by atoms with Gasteiger partial charge in [0.25, 0.3) is 0 Å². The number of fused-ring (bicyclic) bond motifs is 2. The first kappa shape index (κ1) is 24.0. The van der Waals surface area contributed by atoms with Crippen LogP contribution in [0.25, 0.3) is 0 Å². The lowest BCUT2D eigenvalue weighted by molar-refractivity contribution is -0.141. The van der Waals surface area contributed by atoms with Crippen LogP contribution >= 0.6 is 0 Å². The van der Waals surface area contributed by atoms with Gasteiger partial charge in [-0.3, -0.25) is 9.69 Å². The Morgan fingerprint density at radius 1 is 1.28 bits per heavy atom. The van der Waals surface area contributed by atoms with Crippen molar-refractivity contribution < 1.29 is 13.9 Å². The minimum atomic E-state index is -0.509. The number of nitriles is 1. The number of morpholine rings is 1. The fourth-order valence-electron chi connectivity index (χ4n) is 5.47. The van der Waals surface area contributed by atoms with Crippen LogP contribution in [0.4, 0.5) is 10.2 Å². The minimum Gasteiger partial charge on any atom is -0.370 e. The van der Waals surface area contributed by atoms with Gasteiger partial charge in [-0.15, -0.1) is 5.11 Å². The van der Waals surface area contributed by atoms with Crippen molar-refractivity contribution in [2.45, 2.75) is 37.8 Å². The number of rotatable bonds is 4. The molecule has 0 radical (unpaired) electrons. The molecule has 36 heavy (non-hydrogen) atoms. The van der Waals surface area contributed by atoms with Gasteiger partial charge in [0.05, 0.1) is 30.2 Å². The lowest BCUT2D eigenvalue weighted by Gasteiger charge is -2.46. The smallest absolute Gasteiger partial charge is 0.230 e. The number of amides is 1. The normalized spacial score (nSPS) is 24.1. The van der Waals surface area contributed by atoms with Crippen LogP contribution < -0.4 is 5.84 Å². The fraction of sp³-hybridized carbons (Fsp3) is 0.440. The molecule has 186 valence electrons. The number of halogens is 1. The lowest BCUT2D eigenvalue weighted by Crippen LogP contribution is -2.60. The summed E-state index contributed by atoms with van der Waals surface area (Å²) < 4.78 is 20.1.